The summed E-state index contributed by atoms with van der Waals surface area (Å²) < 4.78 is 5.09. The van der Waals surface area contributed by atoms with E-state index in [2.05, 4.69) is 37.1 Å². The van der Waals surface area contributed by atoms with Crippen molar-refractivity contribution in [2.45, 2.75) is 33.2 Å². The molecular weight excluding hydrogens is 214 g/mol. The first kappa shape index (κ1) is 16.4. The van der Waals surface area contributed by atoms with Crippen LogP contribution >= 0.6 is 0 Å². The molecule has 0 fully saturated rings. The summed E-state index contributed by atoms with van der Waals surface area (Å²) in [5, 5.41) is 12.1. The van der Waals surface area contributed by atoms with E-state index in [0.717, 1.165) is 32.8 Å². The molecule has 1 unspecified atom stereocenters. The van der Waals surface area contributed by atoms with Gasteiger partial charge in [0.25, 0.3) is 0 Å². The number of nitriles is 1. The van der Waals surface area contributed by atoms with Gasteiger partial charge in [0.1, 0.15) is 0 Å². The molecule has 0 saturated carbocycles. The molecule has 0 radical (unpaired) electrons. The summed E-state index contributed by atoms with van der Waals surface area (Å²) in [6.45, 7) is 11.1. The molecule has 1 N–H and O–H groups in total. The second kappa shape index (κ2) is 10.5. The van der Waals surface area contributed by atoms with Gasteiger partial charge in [-0.15, -0.1) is 0 Å². The maximum absolute atomic E-state index is 8.63. The van der Waals surface area contributed by atoms with Crippen LogP contribution in [0.15, 0.2) is 0 Å². The van der Waals surface area contributed by atoms with Gasteiger partial charge in [-0.05, 0) is 12.5 Å². The fourth-order valence-electron chi connectivity index (χ4n) is 1.67. The van der Waals surface area contributed by atoms with Gasteiger partial charge >= 0.3 is 0 Å². The Balaban J connectivity index is 3.90. The van der Waals surface area contributed by atoms with Gasteiger partial charge in [-0.3, -0.25) is 4.90 Å². The fourth-order valence-corrected chi connectivity index (χ4v) is 1.67. The van der Waals surface area contributed by atoms with E-state index in [1.807, 2.05) is 0 Å². The maximum atomic E-state index is 8.63. The van der Waals surface area contributed by atoms with Gasteiger partial charge in [0, 0.05) is 39.2 Å². The van der Waals surface area contributed by atoms with Crippen LogP contribution < -0.4 is 5.32 Å². The van der Waals surface area contributed by atoms with Crippen LogP contribution in [0.5, 0.6) is 0 Å². The monoisotopic (exact) mass is 241 g/mol. The van der Waals surface area contributed by atoms with Crippen LogP contribution in [0.1, 0.15) is 27.2 Å². The lowest BCUT2D eigenvalue weighted by molar-refractivity contribution is 0.139. The largest absolute Gasteiger partial charge is 0.383 e. The molecule has 0 aromatic rings. The predicted molar refractivity (Wildman–Crippen MR) is 70.8 cm³/mol. The van der Waals surface area contributed by atoms with Gasteiger partial charge in [0.15, 0.2) is 0 Å². The average molecular weight is 241 g/mol. The Labute approximate surface area is 106 Å². The minimum absolute atomic E-state index is 0.531. The lowest BCUT2D eigenvalue weighted by atomic mass is 10.1. The molecule has 0 bridgehead atoms. The third-order valence-corrected chi connectivity index (χ3v) is 2.60. The topological polar surface area (TPSA) is 48.3 Å². The first-order valence-electron chi connectivity index (χ1n) is 6.41. The first-order valence-corrected chi connectivity index (χ1v) is 6.41. The van der Waals surface area contributed by atoms with Crippen LogP contribution in [0.25, 0.3) is 0 Å². The van der Waals surface area contributed by atoms with Crippen molar-refractivity contribution in [1.29, 1.82) is 5.26 Å². The van der Waals surface area contributed by atoms with E-state index >= 15 is 0 Å². The molecule has 0 amide bonds. The second-order valence-corrected chi connectivity index (χ2v) is 4.87. The standard InChI is InChI=1S/C13H27N3O/c1-12(2)15-10-13(3)11-16(7-5-6-14)8-9-17-4/h12-13,15H,5,7-11H2,1-4H3. The summed E-state index contributed by atoms with van der Waals surface area (Å²) in [5.41, 5.74) is 0. The SMILES string of the molecule is COCCN(CCC#N)CC(C)CNC(C)C. The molecule has 17 heavy (non-hydrogen) atoms. The highest BCUT2D eigenvalue weighted by Crippen LogP contribution is 2.01. The van der Waals surface area contributed by atoms with Crippen molar-refractivity contribution in [2.24, 2.45) is 5.92 Å². The molecule has 0 aromatic carbocycles. The molecule has 4 heteroatoms. The van der Waals surface area contributed by atoms with Crippen molar-refractivity contribution < 1.29 is 4.74 Å². The zero-order valence-corrected chi connectivity index (χ0v) is 11.7. The van der Waals surface area contributed by atoms with E-state index < -0.39 is 0 Å². The number of ether oxygens (including phenoxy) is 1. The van der Waals surface area contributed by atoms with Gasteiger partial charge in [0.2, 0.25) is 0 Å². The highest BCUT2D eigenvalue weighted by molar-refractivity contribution is 4.74. The predicted octanol–water partition coefficient (Wildman–Crippen LogP) is 1.48. The average Bonchev–Trinajstić information content (AvgIpc) is 2.30. The summed E-state index contributed by atoms with van der Waals surface area (Å²) in [6, 6.07) is 2.73. The van der Waals surface area contributed by atoms with Crippen LogP contribution in [-0.4, -0.2) is 50.8 Å². The van der Waals surface area contributed by atoms with Crippen molar-refractivity contribution in [2.75, 3.05) is 39.9 Å². The molecule has 0 heterocycles. The second-order valence-electron chi connectivity index (χ2n) is 4.87. The van der Waals surface area contributed by atoms with E-state index in [0.29, 0.717) is 18.4 Å². The molecule has 0 aliphatic rings. The number of nitrogens with zero attached hydrogens (tertiary/aromatic N) is 2. The van der Waals surface area contributed by atoms with Crippen LogP contribution in [-0.2, 0) is 4.74 Å². The lowest BCUT2D eigenvalue weighted by Gasteiger charge is -2.25. The smallest absolute Gasteiger partial charge is 0.0635 e. The van der Waals surface area contributed by atoms with Crippen LogP contribution in [0.3, 0.4) is 0 Å². The van der Waals surface area contributed by atoms with E-state index in [1.54, 1.807) is 7.11 Å². The number of nitrogens with one attached hydrogen (secondary N) is 1. The number of hydrogen-bond donors (Lipinski definition) is 1. The Bertz CT molecular complexity index is 213. The van der Waals surface area contributed by atoms with Gasteiger partial charge in [-0.25, -0.2) is 0 Å². The Morgan fingerprint density at radius 3 is 2.53 bits per heavy atom. The molecular formula is C13H27N3O. The molecule has 0 saturated heterocycles. The minimum Gasteiger partial charge on any atom is -0.383 e. The Kier molecular flexibility index (Phi) is 10.1. The molecule has 0 spiro atoms. The van der Waals surface area contributed by atoms with Gasteiger partial charge in [-0.1, -0.05) is 20.8 Å². The van der Waals surface area contributed by atoms with E-state index in [1.165, 1.54) is 0 Å². The number of methoxy groups -OCH3 is 1. The zero-order valence-electron chi connectivity index (χ0n) is 11.7. The third-order valence-electron chi connectivity index (χ3n) is 2.60. The van der Waals surface area contributed by atoms with Crippen LogP contribution in [0.4, 0.5) is 0 Å². The minimum atomic E-state index is 0.531. The molecule has 0 aliphatic heterocycles. The first-order chi connectivity index (χ1) is 8.10. The molecule has 4 nitrogen and oxygen atoms in total. The number of hydrogen-bond acceptors (Lipinski definition) is 4. The van der Waals surface area contributed by atoms with Gasteiger partial charge in [0.05, 0.1) is 12.7 Å². The van der Waals surface area contributed by atoms with Gasteiger partial charge < -0.3 is 10.1 Å². The maximum Gasteiger partial charge on any atom is 0.0635 e. The highest BCUT2D eigenvalue weighted by Gasteiger charge is 2.10. The van der Waals surface area contributed by atoms with Crippen molar-refractivity contribution in [3.05, 3.63) is 0 Å². The van der Waals surface area contributed by atoms with E-state index in [-0.39, 0.29) is 0 Å². The van der Waals surface area contributed by atoms with E-state index in [4.69, 9.17) is 10.00 Å². The molecule has 100 valence electrons. The molecule has 0 rings (SSSR count). The summed E-state index contributed by atoms with van der Waals surface area (Å²) >= 11 is 0. The molecule has 0 aliphatic carbocycles. The number of rotatable bonds is 10. The van der Waals surface area contributed by atoms with Gasteiger partial charge in [-0.2, -0.15) is 5.26 Å². The zero-order chi connectivity index (χ0) is 13.1. The fraction of sp³-hybridized carbons (Fsp3) is 0.923. The molecule has 1 atom stereocenters. The third kappa shape index (κ3) is 10.3. The Hall–Kier alpha value is -0.630. The quantitative estimate of drug-likeness (QED) is 0.629. The Morgan fingerprint density at radius 2 is 2.00 bits per heavy atom. The summed E-state index contributed by atoms with van der Waals surface area (Å²) in [5.74, 6) is 0.591. The van der Waals surface area contributed by atoms with Crippen molar-refractivity contribution in [3.8, 4) is 6.07 Å². The highest BCUT2D eigenvalue weighted by atomic mass is 16.5. The summed E-state index contributed by atoms with van der Waals surface area (Å²) in [7, 11) is 1.71. The van der Waals surface area contributed by atoms with Crippen molar-refractivity contribution >= 4 is 0 Å². The van der Waals surface area contributed by atoms with Crippen molar-refractivity contribution in [1.82, 2.24) is 10.2 Å². The summed E-state index contributed by atoms with van der Waals surface area (Å²) in [6.07, 6.45) is 0.591. The Morgan fingerprint density at radius 1 is 1.29 bits per heavy atom. The lowest BCUT2D eigenvalue weighted by Crippen LogP contribution is -2.37. The van der Waals surface area contributed by atoms with Crippen LogP contribution in [0.2, 0.25) is 0 Å². The van der Waals surface area contributed by atoms with Crippen LogP contribution in [0, 0.1) is 17.2 Å². The van der Waals surface area contributed by atoms with Crippen molar-refractivity contribution in [3.63, 3.8) is 0 Å². The summed E-state index contributed by atoms with van der Waals surface area (Å²) in [4.78, 5) is 2.30. The molecule has 0 aromatic heterocycles. The normalized spacial score (nSPS) is 13.0. The van der Waals surface area contributed by atoms with E-state index in [9.17, 15) is 0 Å².